The van der Waals surface area contributed by atoms with E-state index in [2.05, 4.69) is 10.2 Å². The number of carbonyl (C=O) groups excluding carboxylic acids is 2. The zero-order valence-electron chi connectivity index (χ0n) is 22.4. The Morgan fingerprint density at radius 3 is 2.41 bits per heavy atom. The lowest BCUT2D eigenvalue weighted by Crippen LogP contribution is -2.59. The Labute approximate surface area is 250 Å². The van der Waals surface area contributed by atoms with Crippen molar-refractivity contribution in [2.75, 3.05) is 6.26 Å². The first-order chi connectivity index (χ1) is 19.6. The maximum Gasteiger partial charge on any atom is 0.255 e. The Morgan fingerprint density at radius 2 is 1.68 bits per heavy atom. The van der Waals surface area contributed by atoms with Crippen molar-refractivity contribution < 1.29 is 22.8 Å². The van der Waals surface area contributed by atoms with E-state index >= 15 is 0 Å². The number of nitrogens with zero attached hydrogens (tertiary/aromatic N) is 1. The Balaban J connectivity index is 1.60. The quantitative estimate of drug-likeness (QED) is 0.331. The van der Waals surface area contributed by atoms with E-state index in [1.54, 1.807) is 47.4 Å². The monoisotopic (exact) mass is 615 g/mol. The van der Waals surface area contributed by atoms with E-state index in [1.165, 1.54) is 0 Å². The molecule has 5 rings (SSSR count). The summed E-state index contributed by atoms with van der Waals surface area (Å²) >= 11 is 13.0. The molecule has 0 radical (unpaired) electrons. The first kappa shape index (κ1) is 29.5. The third-order valence-corrected chi connectivity index (χ3v) is 8.94. The summed E-state index contributed by atoms with van der Waals surface area (Å²) in [6.45, 7) is 0.152. The number of rotatable bonds is 8. The van der Waals surface area contributed by atoms with Crippen LogP contribution >= 0.6 is 23.2 Å². The fraction of sp³-hybridized carbons (Fsp3) is 0.333. The molecule has 0 saturated heterocycles. The number of hydrogen-bond acceptors (Lipinski definition) is 5. The van der Waals surface area contributed by atoms with Gasteiger partial charge >= 0.3 is 0 Å². The second-order valence-electron chi connectivity index (χ2n) is 10.5. The standard InChI is InChI=1S/C30H31Cl2N3O5S/c1-41(38,39)34-25-13-7-8-14-26(25)35-28(23-16-15-20(31)17-24(23)32)27(21-11-5-6-12-22(21)30(35)37)29(36)33-40-18-19-9-3-2-4-10-19/h2-6,9-12,15-17,25-28,34H,7-8,13-14,18H2,1H3,(H,33,36)/t25-,26-,27+,28-/m0/s1. The largest absolute Gasteiger partial charge is 0.326 e. The van der Waals surface area contributed by atoms with E-state index in [-0.39, 0.29) is 12.5 Å². The van der Waals surface area contributed by atoms with Gasteiger partial charge in [-0.1, -0.05) is 90.6 Å². The van der Waals surface area contributed by atoms with Crippen LogP contribution < -0.4 is 10.2 Å². The van der Waals surface area contributed by atoms with Gasteiger partial charge in [-0.2, -0.15) is 0 Å². The van der Waals surface area contributed by atoms with Crippen LogP contribution in [0.4, 0.5) is 0 Å². The molecular weight excluding hydrogens is 585 g/mol. The molecule has 3 aromatic carbocycles. The number of hydroxylamine groups is 1. The third-order valence-electron chi connectivity index (χ3n) is 7.65. The van der Waals surface area contributed by atoms with Gasteiger partial charge in [0.05, 0.1) is 24.8 Å². The van der Waals surface area contributed by atoms with E-state index in [9.17, 15) is 18.0 Å². The molecule has 41 heavy (non-hydrogen) atoms. The normalized spacial score (nSPS) is 22.7. The predicted octanol–water partition coefficient (Wildman–Crippen LogP) is 5.38. The zero-order valence-corrected chi connectivity index (χ0v) is 24.8. The molecule has 2 amide bonds. The van der Waals surface area contributed by atoms with Crippen molar-refractivity contribution in [2.45, 2.75) is 56.3 Å². The minimum atomic E-state index is -3.57. The van der Waals surface area contributed by atoms with Crippen LogP contribution in [-0.2, 0) is 26.3 Å². The summed E-state index contributed by atoms with van der Waals surface area (Å²) in [5.74, 6) is -1.65. The van der Waals surface area contributed by atoms with E-state index in [1.807, 2.05) is 30.3 Å². The molecule has 0 spiro atoms. The maximum atomic E-state index is 14.3. The average molecular weight is 617 g/mol. The fourth-order valence-corrected chi connectivity index (χ4v) is 7.30. The number of benzene rings is 3. The number of amides is 2. The summed E-state index contributed by atoms with van der Waals surface area (Å²) < 4.78 is 27.4. The maximum absolute atomic E-state index is 14.3. The van der Waals surface area contributed by atoms with Crippen LogP contribution in [0.5, 0.6) is 0 Å². The van der Waals surface area contributed by atoms with Crippen LogP contribution in [0.15, 0.2) is 72.8 Å². The van der Waals surface area contributed by atoms with Gasteiger partial charge in [0.1, 0.15) is 0 Å². The van der Waals surface area contributed by atoms with Gasteiger partial charge in [-0.05, 0) is 47.7 Å². The Kier molecular flexibility index (Phi) is 9.01. The summed E-state index contributed by atoms with van der Waals surface area (Å²) in [6, 6.07) is 19.5. The second kappa shape index (κ2) is 12.5. The van der Waals surface area contributed by atoms with Crippen molar-refractivity contribution in [3.05, 3.63) is 105 Å². The van der Waals surface area contributed by atoms with Crippen molar-refractivity contribution >= 4 is 45.0 Å². The average Bonchev–Trinajstić information content (AvgIpc) is 2.93. The summed E-state index contributed by atoms with van der Waals surface area (Å²) in [4.78, 5) is 35.6. The minimum absolute atomic E-state index is 0.152. The molecule has 1 aliphatic carbocycles. The van der Waals surface area contributed by atoms with Crippen LogP contribution in [0.2, 0.25) is 10.0 Å². The van der Waals surface area contributed by atoms with E-state index < -0.39 is 40.0 Å². The van der Waals surface area contributed by atoms with E-state index in [4.69, 9.17) is 28.0 Å². The molecule has 1 heterocycles. The number of hydrogen-bond donors (Lipinski definition) is 2. The van der Waals surface area contributed by atoms with E-state index in [0.29, 0.717) is 39.6 Å². The van der Waals surface area contributed by atoms with Crippen molar-refractivity contribution in [1.29, 1.82) is 0 Å². The van der Waals surface area contributed by atoms with Crippen LogP contribution in [-0.4, -0.2) is 43.5 Å². The lowest BCUT2D eigenvalue weighted by molar-refractivity contribution is -0.138. The molecule has 8 nitrogen and oxygen atoms in total. The summed E-state index contributed by atoms with van der Waals surface area (Å²) in [5.41, 5.74) is 4.93. The molecule has 3 aromatic rings. The smallest absolute Gasteiger partial charge is 0.255 e. The third kappa shape index (κ3) is 6.60. The van der Waals surface area contributed by atoms with Crippen LogP contribution in [0.25, 0.3) is 0 Å². The van der Waals surface area contributed by atoms with Crippen molar-refractivity contribution in [2.24, 2.45) is 0 Å². The highest BCUT2D eigenvalue weighted by Crippen LogP contribution is 2.47. The summed E-state index contributed by atoms with van der Waals surface area (Å²) in [6.07, 6.45) is 3.84. The molecule has 0 bridgehead atoms. The van der Waals surface area contributed by atoms with Gasteiger partial charge in [0.25, 0.3) is 11.8 Å². The first-order valence-corrected chi connectivity index (χ1v) is 16.1. The fourth-order valence-electron chi connectivity index (χ4n) is 5.96. The molecule has 11 heteroatoms. The van der Waals surface area contributed by atoms with Gasteiger partial charge in [0.15, 0.2) is 0 Å². The summed E-state index contributed by atoms with van der Waals surface area (Å²) in [7, 11) is -3.57. The Morgan fingerprint density at radius 1 is 0.976 bits per heavy atom. The molecule has 4 atom stereocenters. The van der Waals surface area contributed by atoms with Crippen LogP contribution in [0.1, 0.15) is 64.7 Å². The highest BCUT2D eigenvalue weighted by molar-refractivity contribution is 7.88. The number of carbonyl (C=O) groups is 2. The van der Waals surface area contributed by atoms with Crippen LogP contribution in [0.3, 0.4) is 0 Å². The van der Waals surface area contributed by atoms with E-state index in [0.717, 1.165) is 24.7 Å². The molecule has 0 unspecified atom stereocenters. The molecule has 0 aromatic heterocycles. The molecule has 1 fully saturated rings. The Hall–Kier alpha value is -2.95. The molecule has 2 aliphatic rings. The van der Waals surface area contributed by atoms with Crippen molar-refractivity contribution in [3.8, 4) is 0 Å². The minimum Gasteiger partial charge on any atom is -0.326 e. The predicted molar refractivity (Wildman–Crippen MR) is 158 cm³/mol. The molecule has 2 N–H and O–H groups in total. The second-order valence-corrected chi connectivity index (χ2v) is 13.1. The highest BCUT2D eigenvalue weighted by atomic mass is 35.5. The van der Waals surface area contributed by atoms with Gasteiger partial charge in [0.2, 0.25) is 10.0 Å². The number of halogens is 2. The number of sulfonamides is 1. The lowest BCUT2D eigenvalue weighted by Gasteiger charge is -2.49. The van der Waals surface area contributed by atoms with Crippen molar-refractivity contribution in [1.82, 2.24) is 15.1 Å². The number of nitrogens with one attached hydrogen (secondary N) is 2. The van der Waals surface area contributed by atoms with Gasteiger partial charge in [-0.3, -0.25) is 14.4 Å². The van der Waals surface area contributed by atoms with Crippen LogP contribution in [0, 0.1) is 0 Å². The molecule has 1 saturated carbocycles. The number of fused-ring (bicyclic) bond motifs is 1. The van der Waals surface area contributed by atoms with Gasteiger partial charge in [0, 0.05) is 27.7 Å². The molecule has 1 aliphatic heterocycles. The molecule has 216 valence electrons. The van der Waals surface area contributed by atoms with Gasteiger partial charge in [-0.25, -0.2) is 18.6 Å². The van der Waals surface area contributed by atoms with Gasteiger partial charge < -0.3 is 4.90 Å². The first-order valence-electron chi connectivity index (χ1n) is 13.4. The topological polar surface area (TPSA) is 105 Å². The summed E-state index contributed by atoms with van der Waals surface area (Å²) in [5, 5.41) is 0.709. The SMILES string of the molecule is CS(=O)(=O)N[C@H]1CCCC[C@@H]1N1C(=O)c2ccccc2[C@@H](C(=O)NOCc2ccccc2)[C@@H]1c1ccc(Cl)cc1Cl. The zero-order chi connectivity index (χ0) is 29.1. The highest BCUT2D eigenvalue weighted by Gasteiger charge is 2.49. The van der Waals surface area contributed by atoms with Crippen molar-refractivity contribution in [3.63, 3.8) is 0 Å². The molecular formula is C30H31Cl2N3O5S. The van der Waals surface area contributed by atoms with Gasteiger partial charge in [-0.15, -0.1) is 0 Å². The Bertz CT molecular complexity index is 1540. The lowest BCUT2D eigenvalue weighted by atomic mass is 9.76.